The second kappa shape index (κ2) is 18.5. The molecule has 17 heteroatoms. The van der Waals surface area contributed by atoms with Gasteiger partial charge in [0, 0.05) is 51.0 Å². The number of halogens is 1. The number of amides is 3. The summed E-state index contributed by atoms with van der Waals surface area (Å²) in [6.45, 7) is 7.96. The molecule has 0 saturated carbocycles. The van der Waals surface area contributed by atoms with Gasteiger partial charge in [-0.3, -0.25) is 14.9 Å². The van der Waals surface area contributed by atoms with Crippen LogP contribution in [-0.4, -0.2) is 128 Å². The fourth-order valence-corrected chi connectivity index (χ4v) is 8.64. The van der Waals surface area contributed by atoms with Crippen molar-refractivity contribution in [1.29, 1.82) is 0 Å². The third kappa shape index (κ3) is 10.0. The van der Waals surface area contributed by atoms with E-state index in [1.54, 1.807) is 63.9 Å². The largest absolute Gasteiger partial charge is 0.495 e. The lowest BCUT2D eigenvalue weighted by atomic mass is 9.83. The molecule has 56 heavy (non-hydrogen) atoms. The molecular formula is C39H54ClN3O12S. The number of rotatable bonds is 9. The highest BCUT2D eigenvalue weighted by atomic mass is 35.5. The maximum Gasteiger partial charge on any atom is 0.409 e. The summed E-state index contributed by atoms with van der Waals surface area (Å²) in [5, 5.41) is 14.7. The number of hydrogen-bond donors (Lipinski definition) is 2. The maximum absolute atomic E-state index is 14.2. The molecule has 0 aromatic heterocycles. The Hall–Kier alpha value is -3.38. The first-order valence-electron chi connectivity index (χ1n) is 18.7. The highest BCUT2D eigenvalue weighted by molar-refractivity contribution is 7.99. The average Bonchev–Trinajstić information content (AvgIpc) is 3.87. The van der Waals surface area contributed by atoms with Crippen molar-refractivity contribution in [3.8, 4) is 5.75 Å². The Kier molecular flexibility index (Phi) is 14.4. The fourth-order valence-electron chi connectivity index (χ4n) is 7.28. The van der Waals surface area contributed by atoms with Crippen molar-refractivity contribution in [3.05, 3.63) is 46.5 Å². The van der Waals surface area contributed by atoms with Gasteiger partial charge in [0.15, 0.2) is 5.72 Å². The van der Waals surface area contributed by atoms with Gasteiger partial charge in [-0.15, -0.1) is 0 Å². The van der Waals surface area contributed by atoms with Crippen molar-refractivity contribution in [2.45, 2.75) is 107 Å². The number of methoxy groups -OCH3 is 2. The van der Waals surface area contributed by atoms with Crippen LogP contribution in [0.1, 0.15) is 58.9 Å². The minimum Gasteiger partial charge on any atom is -0.495 e. The van der Waals surface area contributed by atoms with E-state index in [2.05, 4.69) is 5.32 Å². The lowest BCUT2D eigenvalue weighted by Crippen LogP contribution is -2.63. The number of fused-ring (bicyclic) bond motifs is 5. The summed E-state index contributed by atoms with van der Waals surface area (Å²) in [7, 11) is 6.04. The molecule has 4 aliphatic heterocycles. The zero-order valence-electron chi connectivity index (χ0n) is 33.2. The van der Waals surface area contributed by atoms with Crippen molar-refractivity contribution < 1.29 is 57.7 Å². The number of likely N-dealkylation sites (N-methyl/N-ethyl adjacent to an activating group) is 1. The summed E-state index contributed by atoms with van der Waals surface area (Å²) in [6.07, 6.45) is 1.92. The summed E-state index contributed by atoms with van der Waals surface area (Å²) in [4.78, 5) is 66.8. The molecule has 3 saturated heterocycles. The number of hydrogen-bond acceptors (Lipinski definition) is 13. The second-order valence-corrected chi connectivity index (χ2v) is 16.8. The van der Waals surface area contributed by atoms with Crippen LogP contribution in [0.5, 0.6) is 5.75 Å². The van der Waals surface area contributed by atoms with Crippen LogP contribution in [0.15, 0.2) is 35.9 Å². The molecule has 4 aliphatic rings. The normalized spacial score (nSPS) is 33.1. The van der Waals surface area contributed by atoms with E-state index < -0.39 is 65.7 Å². The molecule has 3 fully saturated rings. The van der Waals surface area contributed by atoms with Crippen molar-refractivity contribution in [2.75, 3.05) is 52.2 Å². The van der Waals surface area contributed by atoms with Crippen LogP contribution < -0.4 is 15.0 Å². The Morgan fingerprint density at radius 2 is 1.98 bits per heavy atom. The molecule has 0 radical (unpaired) electrons. The van der Waals surface area contributed by atoms with Gasteiger partial charge in [0.1, 0.15) is 40.7 Å². The van der Waals surface area contributed by atoms with E-state index in [1.807, 2.05) is 13.0 Å². The number of carbonyl (C=O) groups excluding carboxylic acids is 4. The Balaban J connectivity index is 1.44. The first-order valence-corrected chi connectivity index (χ1v) is 20.1. The summed E-state index contributed by atoms with van der Waals surface area (Å²) >= 11 is 8.39. The van der Waals surface area contributed by atoms with Gasteiger partial charge >= 0.3 is 12.1 Å². The first-order chi connectivity index (χ1) is 26.5. The van der Waals surface area contributed by atoms with E-state index in [0.717, 1.165) is 17.6 Å². The van der Waals surface area contributed by atoms with Gasteiger partial charge < -0.3 is 38.6 Å². The molecule has 310 valence electrons. The van der Waals surface area contributed by atoms with Crippen LogP contribution in [0.25, 0.3) is 0 Å². The number of epoxide rings is 1. The number of allylic oxidation sites excluding steroid dienone is 3. The van der Waals surface area contributed by atoms with Crippen LogP contribution in [-0.2, 0) is 49.5 Å². The van der Waals surface area contributed by atoms with E-state index in [9.17, 15) is 24.3 Å². The smallest absolute Gasteiger partial charge is 0.409 e. The molecule has 1 aromatic rings. The van der Waals surface area contributed by atoms with Crippen LogP contribution in [0, 0.1) is 5.92 Å². The lowest BCUT2D eigenvalue weighted by molar-refractivity contribution is -0.310. The third-order valence-corrected chi connectivity index (χ3v) is 12.7. The molecule has 3 amide bonds. The van der Waals surface area contributed by atoms with E-state index in [-0.39, 0.29) is 35.4 Å². The van der Waals surface area contributed by atoms with E-state index in [4.69, 9.17) is 45.1 Å². The SMILES string of the molecule is COc1cc2cc(c1Cl)N(C)C(=O)C[C@H](OC(=O)[C@@H](C)N(C)C(=O)CCSC1CCOOC1)[C@]1(C)O[C@H]1[C@H](C)[C@@H]1C[C@@](O)(NC(=O)O1)[C@H](OC)/C=C/C=C(\C)C2. The quantitative estimate of drug-likeness (QED) is 0.205. The van der Waals surface area contributed by atoms with E-state index in [0.29, 0.717) is 36.8 Å². The number of anilines is 1. The number of esters is 1. The Morgan fingerprint density at radius 3 is 2.66 bits per heavy atom. The fraction of sp³-hybridized carbons (Fsp3) is 0.641. The predicted octanol–water partition coefficient (Wildman–Crippen LogP) is 4.36. The Morgan fingerprint density at radius 1 is 1.23 bits per heavy atom. The van der Waals surface area contributed by atoms with Gasteiger partial charge in [-0.25, -0.2) is 19.4 Å². The van der Waals surface area contributed by atoms with Crippen LogP contribution in [0.4, 0.5) is 10.5 Å². The molecule has 1 unspecified atom stereocenters. The topological polar surface area (TPSA) is 175 Å². The molecule has 4 heterocycles. The molecule has 0 spiro atoms. The van der Waals surface area contributed by atoms with E-state index >= 15 is 0 Å². The number of alkyl carbamates (subject to hydrolysis) is 1. The molecule has 15 nitrogen and oxygen atoms in total. The zero-order valence-corrected chi connectivity index (χ0v) is 34.8. The van der Waals surface area contributed by atoms with Crippen LogP contribution in [0.3, 0.4) is 0 Å². The molecule has 9 atom stereocenters. The van der Waals surface area contributed by atoms with Gasteiger partial charge in [0.05, 0.1) is 38.5 Å². The average molecular weight is 824 g/mol. The number of carbonyl (C=O) groups is 4. The van der Waals surface area contributed by atoms with Gasteiger partial charge in [-0.1, -0.05) is 42.3 Å². The molecule has 0 aliphatic carbocycles. The number of ether oxygens (including phenoxy) is 5. The third-order valence-electron chi connectivity index (χ3n) is 11.1. The highest BCUT2D eigenvalue weighted by Crippen LogP contribution is 2.49. The minimum atomic E-state index is -1.83. The summed E-state index contributed by atoms with van der Waals surface area (Å²) in [5.74, 6) is -1.03. The van der Waals surface area contributed by atoms with Crippen LogP contribution >= 0.6 is 23.4 Å². The number of thioether (sulfide) groups is 1. The molecule has 5 rings (SSSR count). The number of benzene rings is 1. The van der Waals surface area contributed by atoms with E-state index in [1.165, 1.54) is 31.1 Å². The molecule has 4 bridgehead atoms. The summed E-state index contributed by atoms with van der Waals surface area (Å²) < 4.78 is 29.3. The van der Waals surface area contributed by atoms with Crippen molar-refractivity contribution in [3.63, 3.8) is 0 Å². The predicted molar refractivity (Wildman–Crippen MR) is 208 cm³/mol. The lowest BCUT2D eigenvalue weighted by Gasteiger charge is -2.42. The zero-order chi connectivity index (χ0) is 40.9. The number of nitrogens with zero attached hydrogens (tertiary/aromatic N) is 2. The minimum absolute atomic E-state index is 0.0542. The first kappa shape index (κ1) is 43.7. The second-order valence-electron chi connectivity index (χ2n) is 15.0. The van der Waals surface area contributed by atoms with Crippen molar-refractivity contribution in [1.82, 2.24) is 10.2 Å². The monoisotopic (exact) mass is 823 g/mol. The van der Waals surface area contributed by atoms with Gasteiger partial charge in [0.2, 0.25) is 11.8 Å². The summed E-state index contributed by atoms with van der Waals surface area (Å²) in [6, 6.07) is 2.60. The Labute approximate surface area is 337 Å². The maximum atomic E-state index is 14.2. The molecule has 1 aromatic carbocycles. The highest BCUT2D eigenvalue weighted by Gasteiger charge is 2.64. The standard InChI is InChI=1S/C39H54ClN3O12S/c1-22-10-9-11-30(50-8)39(48)20-29(53-37(47)41-39)23(2)35-38(4,55-35)31(19-33(45)43(6)27-17-25(16-22)18-28(49-7)34(27)40)54-36(46)24(3)42(5)32(44)13-15-56-26-12-14-51-52-21-26/h9-11,17-18,23-24,26,29-31,35,48H,12-16,19-21H2,1-8H3,(H,41,47)/b11-9+,22-10+/t23-,24-,26?,29+,30-,31+,35+,38+,39+/m1/s1. The van der Waals surface area contributed by atoms with Gasteiger partial charge in [-0.05, 0) is 51.3 Å². The van der Waals surface area contributed by atoms with Gasteiger partial charge in [0.25, 0.3) is 0 Å². The number of nitrogens with one attached hydrogen (secondary N) is 1. The summed E-state index contributed by atoms with van der Waals surface area (Å²) in [5.41, 5.74) is -0.934. The Bertz CT molecular complexity index is 1690. The van der Waals surface area contributed by atoms with Crippen LogP contribution in [0.2, 0.25) is 5.02 Å². The molecular weight excluding hydrogens is 770 g/mol. The number of aliphatic hydroxyl groups is 1. The van der Waals surface area contributed by atoms with Crippen molar-refractivity contribution >= 4 is 52.9 Å². The van der Waals surface area contributed by atoms with Gasteiger partial charge in [-0.2, -0.15) is 11.8 Å². The van der Waals surface area contributed by atoms with Crippen molar-refractivity contribution in [2.24, 2.45) is 5.92 Å². The molecule has 2 N–H and O–H groups in total.